The van der Waals surface area contributed by atoms with E-state index in [1.807, 2.05) is 43.0 Å². The SMILES string of the molecule is CC[C@H](c1ccncc1)N(CC)C(=O)c1cccnc1C. The van der Waals surface area contributed by atoms with Gasteiger partial charge in [0.1, 0.15) is 0 Å². The number of aromatic nitrogens is 2. The van der Waals surface area contributed by atoms with E-state index in [1.165, 1.54) is 0 Å². The zero-order valence-electron chi connectivity index (χ0n) is 12.8. The van der Waals surface area contributed by atoms with E-state index in [2.05, 4.69) is 16.9 Å². The van der Waals surface area contributed by atoms with Gasteiger partial charge in [-0.2, -0.15) is 0 Å². The lowest BCUT2D eigenvalue weighted by molar-refractivity contribution is 0.0681. The maximum atomic E-state index is 12.8. The average Bonchev–Trinajstić information content (AvgIpc) is 2.53. The zero-order valence-corrected chi connectivity index (χ0v) is 12.8. The molecule has 21 heavy (non-hydrogen) atoms. The van der Waals surface area contributed by atoms with Gasteiger partial charge in [0.05, 0.1) is 11.6 Å². The van der Waals surface area contributed by atoms with E-state index in [1.54, 1.807) is 18.6 Å². The van der Waals surface area contributed by atoms with E-state index in [-0.39, 0.29) is 11.9 Å². The van der Waals surface area contributed by atoms with Gasteiger partial charge in [0, 0.05) is 30.8 Å². The highest BCUT2D eigenvalue weighted by atomic mass is 16.2. The van der Waals surface area contributed by atoms with Crippen molar-refractivity contribution in [3.63, 3.8) is 0 Å². The summed E-state index contributed by atoms with van der Waals surface area (Å²) in [5.41, 5.74) is 2.56. The molecule has 2 aromatic heterocycles. The minimum Gasteiger partial charge on any atom is -0.332 e. The minimum absolute atomic E-state index is 0.0340. The monoisotopic (exact) mass is 283 g/mol. The van der Waals surface area contributed by atoms with Crippen LogP contribution in [0.2, 0.25) is 0 Å². The topological polar surface area (TPSA) is 46.1 Å². The van der Waals surface area contributed by atoms with Crippen LogP contribution in [0.1, 0.15) is 47.9 Å². The second-order valence-electron chi connectivity index (χ2n) is 4.93. The number of carbonyl (C=O) groups excluding carboxylic acids is 1. The van der Waals surface area contributed by atoms with Crippen molar-refractivity contribution in [1.82, 2.24) is 14.9 Å². The van der Waals surface area contributed by atoms with E-state index in [4.69, 9.17) is 0 Å². The molecule has 0 spiro atoms. The molecule has 0 aliphatic rings. The summed E-state index contributed by atoms with van der Waals surface area (Å²) in [6, 6.07) is 7.65. The van der Waals surface area contributed by atoms with Crippen LogP contribution in [0, 0.1) is 6.92 Å². The molecule has 4 heteroatoms. The molecule has 0 unspecified atom stereocenters. The first-order valence-electron chi connectivity index (χ1n) is 7.31. The Kier molecular flexibility index (Phi) is 5.04. The molecule has 110 valence electrons. The Morgan fingerprint density at radius 2 is 1.90 bits per heavy atom. The summed E-state index contributed by atoms with van der Waals surface area (Å²) < 4.78 is 0. The minimum atomic E-state index is 0.0340. The highest BCUT2D eigenvalue weighted by Gasteiger charge is 2.24. The zero-order chi connectivity index (χ0) is 15.2. The van der Waals surface area contributed by atoms with Crippen molar-refractivity contribution in [3.05, 3.63) is 59.7 Å². The van der Waals surface area contributed by atoms with Crippen LogP contribution >= 0.6 is 0 Å². The lowest BCUT2D eigenvalue weighted by Gasteiger charge is -2.31. The van der Waals surface area contributed by atoms with E-state index >= 15 is 0 Å². The van der Waals surface area contributed by atoms with Crippen molar-refractivity contribution in [2.24, 2.45) is 0 Å². The Morgan fingerprint density at radius 1 is 1.19 bits per heavy atom. The molecule has 0 saturated heterocycles. The van der Waals surface area contributed by atoms with Gasteiger partial charge >= 0.3 is 0 Å². The first kappa shape index (κ1) is 15.2. The Labute approximate surface area is 125 Å². The molecule has 0 N–H and O–H groups in total. The fourth-order valence-electron chi connectivity index (χ4n) is 2.59. The number of nitrogens with zero attached hydrogens (tertiary/aromatic N) is 3. The number of hydrogen-bond donors (Lipinski definition) is 0. The molecule has 2 heterocycles. The van der Waals surface area contributed by atoms with E-state index in [9.17, 15) is 4.79 Å². The molecule has 0 aromatic carbocycles. The first-order valence-corrected chi connectivity index (χ1v) is 7.31. The third-order valence-corrected chi connectivity index (χ3v) is 3.69. The Balaban J connectivity index is 2.34. The van der Waals surface area contributed by atoms with E-state index in [0.717, 1.165) is 17.7 Å². The maximum Gasteiger partial charge on any atom is 0.256 e. The highest BCUT2D eigenvalue weighted by Crippen LogP contribution is 2.25. The average molecular weight is 283 g/mol. The molecule has 1 atom stereocenters. The predicted octanol–water partition coefficient (Wildman–Crippen LogP) is 3.40. The number of amides is 1. The summed E-state index contributed by atoms with van der Waals surface area (Å²) in [4.78, 5) is 23.0. The quantitative estimate of drug-likeness (QED) is 0.845. The Morgan fingerprint density at radius 3 is 2.48 bits per heavy atom. The molecule has 0 fully saturated rings. The van der Waals surface area contributed by atoms with Crippen molar-refractivity contribution >= 4 is 5.91 Å². The van der Waals surface area contributed by atoms with Crippen LogP contribution in [0.25, 0.3) is 0 Å². The summed E-state index contributed by atoms with van der Waals surface area (Å²) in [5.74, 6) is 0.0340. The highest BCUT2D eigenvalue weighted by molar-refractivity contribution is 5.95. The molecule has 0 radical (unpaired) electrons. The predicted molar refractivity (Wildman–Crippen MR) is 83.0 cm³/mol. The van der Waals surface area contributed by atoms with Crippen molar-refractivity contribution in [3.8, 4) is 0 Å². The molecule has 2 rings (SSSR count). The van der Waals surface area contributed by atoms with Crippen LogP contribution in [0.15, 0.2) is 42.9 Å². The fourth-order valence-corrected chi connectivity index (χ4v) is 2.59. The number of carbonyl (C=O) groups is 1. The summed E-state index contributed by atoms with van der Waals surface area (Å²) in [5, 5.41) is 0. The standard InChI is InChI=1S/C17H21N3O/c1-4-16(14-8-11-18-12-9-14)20(5-2)17(21)15-7-6-10-19-13(15)3/h6-12,16H,4-5H2,1-3H3/t16-/m1/s1. The van der Waals surface area contributed by atoms with Crippen LogP contribution in [0.4, 0.5) is 0 Å². The van der Waals surface area contributed by atoms with Crippen molar-refractivity contribution in [2.75, 3.05) is 6.54 Å². The van der Waals surface area contributed by atoms with E-state index < -0.39 is 0 Å². The normalized spacial score (nSPS) is 12.0. The van der Waals surface area contributed by atoms with Gasteiger partial charge in [0.15, 0.2) is 0 Å². The van der Waals surface area contributed by atoms with Gasteiger partial charge in [0.25, 0.3) is 5.91 Å². The van der Waals surface area contributed by atoms with Crippen molar-refractivity contribution in [2.45, 2.75) is 33.2 Å². The Bertz CT molecular complexity index is 598. The van der Waals surface area contributed by atoms with Crippen molar-refractivity contribution < 1.29 is 4.79 Å². The lowest BCUT2D eigenvalue weighted by Crippen LogP contribution is -2.35. The third kappa shape index (κ3) is 3.27. The molecule has 4 nitrogen and oxygen atoms in total. The van der Waals surface area contributed by atoms with Crippen molar-refractivity contribution in [1.29, 1.82) is 0 Å². The van der Waals surface area contributed by atoms with Gasteiger partial charge in [-0.3, -0.25) is 14.8 Å². The summed E-state index contributed by atoms with van der Waals surface area (Å²) in [7, 11) is 0. The van der Waals surface area contributed by atoms with Crippen LogP contribution in [-0.2, 0) is 0 Å². The third-order valence-electron chi connectivity index (χ3n) is 3.69. The fraction of sp³-hybridized carbons (Fsp3) is 0.353. The Hall–Kier alpha value is -2.23. The van der Waals surface area contributed by atoms with Gasteiger partial charge in [-0.1, -0.05) is 6.92 Å². The summed E-state index contributed by atoms with van der Waals surface area (Å²) in [6.45, 7) is 6.63. The smallest absolute Gasteiger partial charge is 0.256 e. The second-order valence-corrected chi connectivity index (χ2v) is 4.93. The van der Waals surface area contributed by atoms with Crippen LogP contribution in [0.5, 0.6) is 0 Å². The van der Waals surface area contributed by atoms with Gasteiger partial charge in [-0.05, 0) is 50.1 Å². The molecular formula is C17H21N3O. The van der Waals surface area contributed by atoms with Gasteiger partial charge in [-0.25, -0.2) is 0 Å². The van der Waals surface area contributed by atoms with Gasteiger partial charge < -0.3 is 4.90 Å². The number of hydrogen-bond acceptors (Lipinski definition) is 3. The summed E-state index contributed by atoms with van der Waals surface area (Å²) >= 11 is 0. The van der Waals surface area contributed by atoms with Crippen LogP contribution < -0.4 is 0 Å². The van der Waals surface area contributed by atoms with Crippen LogP contribution in [0.3, 0.4) is 0 Å². The molecule has 2 aromatic rings. The molecule has 0 aliphatic heterocycles. The summed E-state index contributed by atoms with van der Waals surface area (Å²) in [6.07, 6.45) is 6.11. The molecule has 1 amide bonds. The van der Waals surface area contributed by atoms with Gasteiger partial charge in [0.2, 0.25) is 0 Å². The largest absolute Gasteiger partial charge is 0.332 e. The molecular weight excluding hydrogens is 262 g/mol. The van der Waals surface area contributed by atoms with Gasteiger partial charge in [-0.15, -0.1) is 0 Å². The lowest BCUT2D eigenvalue weighted by atomic mass is 10.0. The second kappa shape index (κ2) is 6.97. The first-order chi connectivity index (χ1) is 10.2. The maximum absolute atomic E-state index is 12.8. The van der Waals surface area contributed by atoms with E-state index in [0.29, 0.717) is 12.1 Å². The molecule has 0 aliphatic carbocycles. The number of rotatable bonds is 5. The number of aryl methyl sites for hydroxylation is 1. The molecule has 0 saturated carbocycles. The number of pyridine rings is 2. The molecule has 0 bridgehead atoms. The van der Waals surface area contributed by atoms with Crippen LogP contribution in [-0.4, -0.2) is 27.3 Å².